The van der Waals surface area contributed by atoms with Crippen LogP contribution < -0.4 is 4.90 Å². The summed E-state index contributed by atoms with van der Waals surface area (Å²) in [4.78, 5) is 37.3. The van der Waals surface area contributed by atoms with E-state index in [4.69, 9.17) is 9.47 Å². The highest BCUT2D eigenvalue weighted by molar-refractivity contribution is 9.10. The zero-order valence-electron chi connectivity index (χ0n) is 12.3. The standard InChI is InChI=1S/C15H16BrNO5/c1-3-22-15(20)13(18)17-11-7-5-10(16)8-9(11)4-6-12(17)14(19)21-2/h5,7-8,12H,3-4,6H2,1-2H3/t12-/m0/s1. The minimum absolute atomic E-state index is 0.0918. The number of rotatable bonds is 2. The van der Waals surface area contributed by atoms with E-state index in [-0.39, 0.29) is 6.61 Å². The van der Waals surface area contributed by atoms with Crippen molar-refractivity contribution in [1.29, 1.82) is 0 Å². The van der Waals surface area contributed by atoms with Crippen LogP contribution in [-0.4, -0.2) is 37.6 Å². The van der Waals surface area contributed by atoms with Crippen molar-refractivity contribution >= 4 is 39.5 Å². The molecule has 1 amide bonds. The summed E-state index contributed by atoms with van der Waals surface area (Å²) >= 11 is 3.37. The van der Waals surface area contributed by atoms with Gasteiger partial charge in [0.05, 0.1) is 13.7 Å². The molecule has 0 aliphatic carbocycles. The quantitative estimate of drug-likeness (QED) is 0.587. The summed E-state index contributed by atoms with van der Waals surface area (Å²) in [6.45, 7) is 1.71. The highest BCUT2D eigenvalue weighted by Gasteiger charge is 2.39. The molecule has 1 atom stereocenters. The monoisotopic (exact) mass is 369 g/mol. The molecular weight excluding hydrogens is 354 g/mol. The minimum Gasteiger partial charge on any atom is -0.467 e. The molecule has 0 fully saturated rings. The molecule has 1 aliphatic rings. The molecule has 0 saturated carbocycles. The van der Waals surface area contributed by atoms with Crippen LogP contribution in [0.5, 0.6) is 0 Å². The lowest BCUT2D eigenvalue weighted by atomic mass is 9.95. The number of anilines is 1. The van der Waals surface area contributed by atoms with E-state index in [9.17, 15) is 14.4 Å². The lowest BCUT2D eigenvalue weighted by molar-refractivity contribution is -0.154. The van der Waals surface area contributed by atoms with Crippen LogP contribution >= 0.6 is 15.9 Å². The molecule has 1 aromatic rings. The van der Waals surface area contributed by atoms with Crippen molar-refractivity contribution in [3.05, 3.63) is 28.2 Å². The molecule has 0 unspecified atom stereocenters. The Kier molecular flexibility index (Phi) is 5.18. The third-order valence-corrected chi connectivity index (χ3v) is 3.94. The molecule has 1 aliphatic heterocycles. The van der Waals surface area contributed by atoms with Gasteiger partial charge in [0, 0.05) is 10.2 Å². The van der Waals surface area contributed by atoms with Gasteiger partial charge in [0.25, 0.3) is 0 Å². The summed E-state index contributed by atoms with van der Waals surface area (Å²) in [6.07, 6.45) is 1.00. The van der Waals surface area contributed by atoms with E-state index in [2.05, 4.69) is 15.9 Å². The Morgan fingerprint density at radius 1 is 1.36 bits per heavy atom. The summed E-state index contributed by atoms with van der Waals surface area (Å²) in [5.74, 6) is -2.39. The maximum absolute atomic E-state index is 12.4. The number of ether oxygens (including phenoxy) is 2. The van der Waals surface area contributed by atoms with Crippen LogP contribution in [-0.2, 0) is 30.3 Å². The number of benzene rings is 1. The summed E-state index contributed by atoms with van der Waals surface area (Å²) in [6, 6.07) is 4.50. The van der Waals surface area contributed by atoms with Gasteiger partial charge >= 0.3 is 17.8 Å². The number of aryl methyl sites for hydroxylation is 1. The first-order valence-electron chi connectivity index (χ1n) is 6.86. The van der Waals surface area contributed by atoms with Gasteiger partial charge in [-0.1, -0.05) is 15.9 Å². The molecule has 0 saturated heterocycles. The second kappa shape index (κ2) is 6.91. The summed E-state index contributed by atoms with van der Waals surface area (Å²) in [5.41, 5.74) is 1.41. The van der Waals surface area contributed by atoms with Crippen LogP contribution in [0.1, 0.15) is 18.9 Å². The van der Waals surface area contributed by atoms with Gasteiger partial charge in [-0.2, -0.15) is 0 Å². The average molecular weight is 370 g/mol. The molecule has 0 N–H and O–H groups in total. The Bertz CT molecular complexity index is 616. The van der Waals surface area contributed by atoms with E-state index < -0.39 is 23.9 Å². The van der Waals surface area contributed by atoms with E-state index in [0.29, 0.717) is 18.5 Å². The second-order valence-corrected chi connectivity index (χ2v) is 5.66. The third kappa shape index (κ3) is 3.14. The normalized spacial score (nSPS) is 16.7. The first-order chi connectivity index (χ1) is 10.5. The van der Waals surface area contributed by atoms with Gasteiger partial charge in [-0.05, 0) is 43.5 Å². The molecule has 118 valence electrons. The highest BCUT2D eigenvalue weighted by Crippen LogP contribution is 2.33. The van der Waals surface area contributed by atoms with Crippen molar-refractivity contribution < 1.29 is 23.9 Å². The van der Waals surface area contributed by atoms with Crippen molar-refractivity contribution in [2.24, 2.45) is 0 Å². The van der Waals surface area contributed by atoms with Gasteiger partial charge in [-0.3, -0.25) is 9.69 Å². The highest BCUT2D eigenvalue weighted by atomic mass is 79.9. The molecule has 0 aromatic heterocycles. The van der Waals surface area contributed by atoms with E-state index in [1.54, 1.807) is 19.1 Å². The number of esters is 2. The Hall–Kier alpha value is -1.89. The van der Waals surface area contributed by atoms with Gasteiger partial charge < -0.3 is 9.47 Å². The predicted octanol–water partition coefficient (Wildman–Crippen LogP) is 1.83. The average Bonchev–Trinajstić information content (AvgIpc) is 2.52. The van der Waals surface area contributed by atoms with Gasteiger partial charge in [0.2, 0.25) is 0 Å². The lowest BCUT2D eigenvalue weighted by Gasteiger charge is -2.34. The second-order valence-electron chi connectivity index (χ2n) is 4.75. The first-order valence-corrected chi connectivity index (χ1v) is 7.65. The molecule has 2 rings (SSSR count). The van der Waals surface area contributed by atoms with Crippen molar-refractivity contribution in [3.63, 3.8) is 0 Å². The van der Waals surface area contributed by atoms with Crippen LogP contribution in [0, 0.1) is 0 Å². The fourth-order valence-corrected chi connectivity index (χ4v) is 2.89. The molecule has 6 nitrogen and oxygen atoms in total. The van der Waals surface area contributed by atoms with Gasteiger partial charge in [-0.25, -0.2) is 9.59 Å². The van der Waals surface area contributed by atoms with Gasteiger partial charge in [0.15, 0.2) is 0 Å². The van der Waals surface area contributed by atoms with Crippen LogP contribution in [0.3, 0.4) is 0 Å². The molecule has 0 radical (unpaired) electrons. The topological polar surface area (TPSA) is 72.9 Å². The SMILES string of the molecule is CCOC(=O)C(=O)N1c2ccc(Br)cc2CC[C@H]1C(=O)OC. The predicted molar refractivity (Wildman–Crippen MR) is 82.4 cm³/mol. The molecule has 0 bridgehead atoms. The largest absolute Gasteiger partial charge is 0.467 e. The van der Waals surface area contributed by atoms with Crippen LogP contribution in [0.4, 0.5) is 5.69 Å². The number of nitrogens with zero attached hydrogens (tertiary/aromatic N) is 1. The molecule has 22 heavy (non-hydrogen) atoms. The Morgan fingerprint density at radius 2 is 2.09 bits per heavy atom. The van der Waals surface area contributed by atoms with Gasteiger partial charge in [0.1, 0.15) is 6.04 Å². The van der Waals surface area contributed by atoms with E-state index in [0.717, 1.165) is 10.0 Å². The molecule has 0 spiro atoms. The number of fused-ring (bicyclic) bond motifs is 1. The van der Waals surface area contributed by atoms with Crippen LogP contribution in [0.2, 0.25) is 0 Å². The maximum atomic E-state index is 12.4. The van der Waals surface area contributed by atoms with Crippen molar-refractivity contribution in [1.82, 2.24) is 0 Å². The summed E-state index contributed by atoms with van der Waals surface area (Å²) in [7, 11) is 1.26. The number of methoxy groups -OCH3 is 1. The number of carbonyl (C=O) groups excluding carboxylic acids is 3. The molecule has 1 heterocycles. The fourth-order valence-electron chi connectivity index (χ4n) is 2.48. The van der Waals surface area contributed by atoms with Crippen molar-refractivity contribution in [2.75, 3.05) is 18.6 Å². The maximum Gasteiger partial charge on any atom is 0.397 e. The zero-order valence-corrected chi connectivity index (χ0v) is 13.9. The van der Waals surface area contributed by atoms with E-state index >= 15 is 0 Å². The van der Waals surface area contributed by atoms with Crippen molar-refractivity contribution in [3.8, 4) is 0 Å². The Labute approximate surface area is 136 Å². The molecular formula is C15H16BrNO5. The lowest BCUT2D eigenvalue weighted by Crippen LogP contribution is -2.51. The molecule has 1 aromatic carbocycles. The van der Waals surface area contributed by atoms with Crippen LogP contribution in [0.15, 0.2) is 22.7 Å². The van der Waals surface area contributed by atoms with E-state index in [1.807, 2.05) is 6.07 Å². The smallest absolute Gasteiger partial charge is 0.397 e. The number of carbonyl (C=O) groups is 3. The van der Waals surface area contributed by atoms with Gasteiger partial charge in [-0.15, -0.1) is 0 Å². The van der Waals surface area contributed by atoms with E-state index in [1.165, 1.54) is 12.0 Å². The first kappa shape index (κ1) is 16.5. The summed E-state index contributed by atoms with van der Waals surface area (Å²) in [5, 5.41) is 0. The number of amides is 1. The summed E-state index contributed by atoms with van der Waals surface area (Å²) < 4.78 is 10.4. The molecule has 7 heteroatoms. The van der Waals surface area contributed by atoms with Crippen LogP contribution in [0.25, 0.3) is 0 Å². The number of hydrogen-bond donors (Lipinski definition) is 0. The third-order valence-electron chi connectivity index (χ3n) is 3.44. The van der Waals surface area contributed by atoms with Crippen molar-refractivity contribution in [2.45, 2.75) is 25.8 Å². The fraction of sp³-hybridized carbons (Fsp3) is 0.400. The Balaban J connectivity index is 2.44. The number of hydrogen-bond acceptors (Lipinski definition) is 5. The number of halogens is 1. The Morgan fingerprint density at radius 3 is 2.73 bits per heavy atom. The minimum atomic E-state index is -0.979. The zero-order chi connectivity index (χ0) is 16.3.